The number of carbonyl (C=O) groups excluding carboxylic acids is 1. The van der Waals surface area contributed by atoms with Crippen molar-refractivity contribution < 1.29 is 9.21 Å². The molecule has 148 valence electrons. The predicted octanol–water partition coefficient (Wildman–Crippen LogP) is 4.03. The van der Waals surface area contributed by atoms with Crippen LogP contribution in [0.25, 0.3) is 17.1 Å². The highest BCUT2D eigenvalue weighted by molar-refractivity contribution is 6.30. The number of nitrogens with one attached hydrogen (secondary N) is 1. The average Bonchev–Trinajstić information content (AvgIpc) is 3.38. The van der Waals surface area contributed by atoms with Gasteiger partial charge in [0, 0.05) is 24.2 Å². The van der Waals surface area contributed by atoms with Crippen LogP contribution in [0.2, 0.25) is 5.02 Å². The summed E-state index contributed by atoms with van der Waals surface area (Å²) in [6.45, 7) is 1.86. The Labute approximate surface area is 174 Å². The van der Waals surface area contributed by atoms with Crippen LogP contribution >= 0.6 is 24.0 Å². The smallest absolute Gasteiger partial charge is 0.274 e. The molecule has 8 heteroatoms. The molecular weight excluding hydrogens is 399 g/mol. The van der Waals surface area contributed by atoms with Gasteiger partial charge in [-0.15, -0.1) is 12.4 Å². The van der Waals surface area contributed by atoms with E-state index < -0.39 is 0 Å². The summed E-state index contributed by atoms with van der Waals surface area (Å²) in [5.41, 5.74) is 1.94. The highest BCUT2D eigenvalue weighted by atomic mass is 35.5. The van der Waals surface area contributed by atoms with Crippen LogP contribution in [0, 0.1) is 0 Å². The van der Waals surface area contributed by atoms with E-state index in [1.54, 1.807) is 34.0 Å². The minimum Gasteiger partial charge on any atom is -0.463 e. The molecule has 1 N–H and O–H groups in total. The highest BCUT2D eigenvalue weighted by Gasteiger charge is 2.26. The van der Waals surface area contributed by atoms with Gasteiger partial charge in [0.1, 0.15) is 5.69 Å². The molecule has 1 aliphatic rings. The normalized spacial score (nSPS) is 14.5. The molecule has 1 aliphatic heterocycles. The fraction of sp³-hybridized carbons (Fsp3) is 0.300. The van der Waals surface area contributed by atoms with Crippen molar-refractivity contribution in [3.63, 3.8) is 0 Å². The summed E-state index contributed by atoms with van der Waals surface area (Å²) in [5.74, 6) is 0.573. The van der Waals surface area contributed by atoms with Crippen molar-refractivity contribution in [2.24, 2.45) is 0 Å². The molecule has 3 heterocycles. The lowest BCUT2D eigenvalue weighted by molar-refractivity contribution is 0.0697. The lowest BCUT2D eigenvalue weighted by Gasteiger charge is -2.31. The monoisotopic (exact) mass is 420 g/mol. The summed E-state index contributed by atoms with van der Waals surface area (Å²) in [6, 6.07) is 13.0. The van der Waals surface area contributed by atoms with E-state index in [0.717, 1.165) is 37.3 Å². The van der Waals surface area contributed by atoms with Gasteiger partial charge in [0.05, 0.1) is 12.0 Å². The molecule has 2 aromatic heterocycles. The highest BCUT2D eigenvalue weighted by Crippen LogP contribution is 2.26. The third kappa shape index (κ3) is 4.09. The molecule has 3 aromatic rings. The number of carbonyl (C=O) groups is 1. The molecule has 28 heavy (non-hydrogen) atoms. The molecule has 0 bridgehead atoms. The van der Waals surface area contributed by atoms with Crippen LogP contribution in [0.3, 0.4) is 0 Å². The van der Waals surface area contributed by atoms with Gasteiger partial charge in [-0.2, -0.15) is 5.10 Å². The van der Waals surface area contributed by atoms with Gasteiger partial charge in [-0.05, 0) is 62.3 Å². The fourth-order valence-electron chi connectivity index (χ4n) is 3.41. The van der Waals surface area contributed by atoms with Gasteiger partial charge in [-0.25, -0.2) is 4.68 Å². The van der Waals surface area contributed by atoms with Gasteiger partial charge in [-0.1, -0.05) is 11.6 Å². The zero-order chi connectivity index (χ0) is 18.8. The minimum atomic E-state index is -0.0811. The minimum absolute atomic E-state index is 0. The van der Waals surface area contributed by atoms with Gasteiger partial charge in [0.15, 0.2) is 11.5 Å². The second-order valence-electron chi connectivity index (χ2n) is 6.68. The summed E-state index contributed by atoms with van der Waals surface area (Å²) in [6.07, 6.45) is 3.51. The first-order valence-electron chi connectivity index (χ1n) is 9.01. The first-order valence-corrected chi connectivity index (χ1v) is 9.39. The van der Waals surface area contributed by atoms with Crippen LogP contribution in [-0.2, 0) is 0 Å². The molecule has 0 unspecified atom stereocenters. The predicted molar refractivity (Wildman–Crippen MR) is 112 cm³/mol. The summed E-state index contributed by atoms with van der Waals surface area (Å²) in [5, 5.41) is 8.56. The topological polar surface area (TPSA) is 63.3 Å². The fourth-order valence-corrected chi connectivity index (χ4v) is 3.53. The first-order chi connectivity index (χ1) is 13.1. The number of hydrogen-bond acceptors (Lipinski definition) is 4. The van der Waals surface area contributed by atoms with E-state index in [2.05, 4.69) is 10.4 Å². The van der Waals surface area contributed by atoms with Crippen molar-refractivity contribution in [1.29, 1.82) is 0 Å². The number of halogens is 2. The average molecular weight is 421 g/mol. The second kappa shape index (κ2) is 8.82. The molecule has 1 aromatic carbocycles. The molecule has 0 radical (unpaired) electrons. The Balaban J connectivity index is 0.00000225. The molecule has 0 saturated carbocycles. The van der Waals surface area contributed by atoms with E-state index in [1.807, 2.05) is 31.3 Å². The van der Waals surface area contributed by atoms with E-state index in [4.69, 9.17) is 16.0 Å². The Morgan fingerprint density at radius 1 is 1.25 bits per heavy atom. The Bertz CT molecular complexity index is 916. The van der Waals surface area contributed by atoms with Gasteiger partial charge in [0.2, 0.25) is 0 Å². The van der Waals surface area contributed by atoms with Crippen LogP contribution in [0.5, 0.6) is 0 Å². The van der Waals surface area contributed by atoms with Crippen LogP contribution in [0.1, 0.15) is 23.3 Å². The van der Waals surface area contributed by atoms with Crippen LogP contribution in [0.4, 0.5) is 0 Å². The standard InChI is InChI=1S/C20H21ClN4O2.ClH/c1-24(15-8-10-22-11-9-15)20(26)17-13-18(19-3-2-12-27-19)25(23-17)16-6-4-14(21)5-7-16;/h2-7,12-13,15,22H,8-11H2,1H3;1H. The molecule has 1 amide bonds. The number of piperidine rings is 1. The lowest BCUT2D eigenvalue weighted by atomic mass is 10.1. The second-order valence-corrected chi connectivity index (χ2v) is 7.11. The van der Waals surface area contributed by atoms with Crippen LogP contribution < -0.4 is 5.32 Å². The number of benzene rings is 1. The number of rotatable bonds is 4. The van der Waals surface area contributed by atoms with E-state index in [-0.39, 0.29) is 24.4 Å². The Hall–Kier alpha value is -2.28. The molecule has 1 saturated heterocycles. The Kier molecular flexibility index (Phi) is 6.44. The molecule has 1 fully saturated rings. The van der Waals surface area contributed by atoms with Crippen molar-refractivity contribution in [2.75, 3.05) is 20.1 Å². The number of furan rings is 1. The van der Waals surface area contributed by atoms with Gasteiger partial charge < -0.3 is 14.6 Å². The van der Waals surface area contributed by atoms with Crippen LogP contribution in [-0.4, -0.2) is 46.8 Å². The molecule has 0 spiro atoms. The first kappa shape index (κ1) is 20.5. The van der Waals surface area contributed by atoms with E-state index >= 15 is 0 Å². The third-order valence-corrected chi connectivity index (χ3v) is 5.20. The number of amides is 1. The maximum absolute atomic E-state index is 13.0. The number of nitrogens with zero attached hydrogens (tertiary/aromatic N) is 3. The third-order valence-electron chi connectivity index (χ3n) is 4.95. The van der Waals surface area contributed by atoms with E-state index in [9.17, 15) is 4.79 Å². The molecule has 4 rings (SSSR count). The maximum Gasteiger partial charge on any atom is 0.274 e. The largest absolute Gasteiger partial charge is 0.463 e. The molecule has 0 aliphatic carbocycles. The van der Waals surface area contributed by atoms with Crippen molar-refractivity contribution in [3.05, 3.63) is 59.4 Å². The van der Waals surface area contributed by atoms with Crippen molar-refractivity contribution in [2.45, 2.75) is 18.9 Å². The van der Waals surface area contributed by atoms with Gasteiger partial charge in [-0.3, -0.25) is 4.79 Å². The Morgan fingerprint density at radius 3 is 2.61 bits per heavy atom. The summed E-state index contributed by atoms with van der Waals surface area (Å²) >= 11 is 6.01. The number of aromatic nitrogens is 2. The van der Waals surface area contributed by atoms with Crippen molar-refractivity contribution in [3.8, 4) is 17.1 Å². The quantitative estimate of drug-likeness (QED) is 0.691. The molecule has 6 nitrogen and oxygen atoms in total. The SMILES string of the molecule is CN(C(=O)c1cc(-c2ccco2)n(-c2ccc(Cl)cc2)n1)C1CCNCC1.Cl. The van der Waals surface area contributed by atoms with Crippen molar-refractivity contribution >= 4 is 29.9 Å². The number of hydrogen-bond donors (Lipinski definition) is 1. The van der Waals surface area contributed by atoms with Gasteiger partial charge in [0.25, 0.3) is 5.91 Å². The summed E-state index contributed by atoms with van der Waals surface area (Å²) in [4.78, 5) is 14.8. The maximum atomic E-state index is 13.0. The van der Waals surface area contributed by atoms with E-state index in [1.165, 1.54) is 0 Å². The zero-order valence-corrected chi connectivity index (χ0v) is 17.0. The summed E-state index contributed by atoms with van der Waals surface area (Å²) < 4.78 is 7.28. The molecule has 0 atom stereocenters. The Morgan fingerprint density at radius 2 is 1.96 bits per heavy atom. The van der Waals surface area contributed by atoms with E-state index in [0.29, 0.717) is 16.5 Å². The van der Waals surface area contributed by atoms with Gasteiger partial charge >= 0.3 is 0 Å². The molecular formula is C20H22Cl2N4O2. The van der Waals surface area contributed by atoms with Crippen molar-refractivity contribution in [1.82, 2.24) is 20.0 Å². The van der Waals surface area contributed by atoms with Crippen LogP contribution in [0.15, 0.2) is 53.1 Å². The summed E-state index contributed by atoms with van der Waals surface area (Å²) in [7, 11) is 1.85. The lowest BCUT2D eigenvalue weighted by Crippen LogP contribution is -2.44. The zero-order valence-electron chi connectivity index (χ0n) is 15.5.